The minimum atomic E-state index is -2.87. The number of sulfone groups is 1. The van der Waals surface area contributed by atoms with Crippen molar-refractivity contribution in [3.8, 4) is 5.88 Å². The zero-order valence-electron chi connectivity index (χ0n) is 38.4. The summed E-state index contributed by atoms with van der Waals surface area (Å²) < 4.78 is 37.9. The number of carbonyl (C=O) groups is 1. The van der Waals surface area contributed by atoms with Crippen molar-refractivity contribution in [2.24, 2.45) is 56.7 Å². The summed E-state index contributed by atoms with van der Waals surface area (Å²) in [7, 11) is -2.87. The number of nitrogens with zero attached hydrogens (tertiary/aromatic N) is 4. The Morgan fingerprint density at radius 1 is 0.933 bits per heavy atom. The van der Waals surface area contributed by atoms with E-state index in [1.165, 1.54) is 68.1 Å². The topological polar surface area (TPSA) is 116 Å². The van der Waals surface area contributed by atoms with Gasteiger partial charge in [-0.2, -0.15) is 0 Å². The molecule has 7 aliphatic rings. The molecule has 2 heterocycles. The van der Waals surface area contributed by atoms with E-state index in [1.807, 2.05) is 13.8 Å². The van der Waals surface area contributed by atoms with Crippen LogP contribution in [0.4, 0.5) is 0 Å². The van der Waals surface area contributed by atoms with Crippen LogP contribution in [0.25, 0.3) is 0 Å². The third-order valence-electron chi connectivity index (χ3n) is 19.0. The zero-order chi connectivity index (χ0) is 42.9. The van der Waals surface area contributed by atoms with Crippen molar-refractivity contribution < 1.29 is 22.7 Å². The number of carbonyl (C=O) groups excluding carboxylic acids is 1. The molecule has 1 aliphatic heterocycles. The number of hydrogen-bond acceptors (Lipinski definition) is 9. The molecule has 8 rings (SSSR count). The van der Waals surface area contributed by atoms with E-state index in [0.29, 0.717) is 86.1 Å². The highest BCUT2D eigenvalue weighted by atomic mass is 32.2. The predicted octanol–water partition coefficient (Wildman–Crippen LogP) is 8.60. The van der Waals surface area contributed by atoms with Gasteiger partial charge in [0.05, 0.1) is 18.1 Å². The van der Waals surface area contributed by atoms with E-state index < -0.39 is 15.3 Å². The molecule has 0 aromatic carbocycles. The maximum Gasteiger partial charge on any atom is 0.315 e. The highest BCUT2D eigenvalue weighted by Crippen LogP contribution is 2.76. The molecule has 1 aromatic heterocycles. The van der Waals surface area contributed by atoms with Crippen LogP contribution in [0.3, 0.4) is 0 Å². The van der Waals surface area contributed by atoms with E-state index in [0.717, 1.165) is 25.9 Å². The lowest BCUT2D eigenvalue weighted by Crippen LogP contribution is -2.68. The second-order valence-electron chi connectivity index (χ2n) is 21.9. The molecule has 1 N–H and O–H groups in total. The molecule has 1 unspecified atom stereocenters. The summed E-state index contributed by atoms with van der Waals surface area (Å²) in [5, 5.41) is 12.4. The van der Waals surface area contributed by atoms with Crippen LogP contribution in [0, 0.1) is 56.7 Å². The Balaban J connectivity index is 1.01. The lowest BCUT2D eigenvalue weighted by Gasteiger charge is -2.72. The summed E-state index contributed by atoms with van der Waals surface area (Å²) >= 11 is 0. The van der Waals surface area contributed by atoms with Gasteiger partial charge >= 0.3 is 5.97 Å². The van der Waals surface area contributed by atoms with Crippen LogP contribution >= 0.6 is 0 Å². The average Bonchev–Trinajstić information content (AvgIpc) is 3.83. The van der Waals surface area contributed by atoms with Crippen molar-refractivity contribution in [1.82, 2.24) is 25.2 Å². The van der Waals surface area contributed by atoms with Gasteiger partial charge in [0.25, 0.3) is 0 Å². The fourth-order valence-corrected chi connectivity index (χ4v) is 16.9. The first-order chi connectivity index (χ1) is 28.4. The van der Waals surface area contributed by atoms with Crippen LogP contribution in [-0.4, -0.2) is 90.7 Å². The lowest BCUT2D eigenvalue weighted by atomic mass is 9.33. The number of aryl methyl sites for hydroxylation is 1. The van der Waals surface area contributed by atoms with Gasteiger partial charge in [0.15, 0.2) is 9.84 Å². The maximum atomic E-state index is 13.6. The molecule has 0 bridgehead atoms. The molecule has 10 nitrogen and oxygen atoms in total. The molecule has 11 heteroatoms. The van der Waals surface area contributed by atoms with E-state index in [2.05, 4.69) is 80.8 Å². The molecule has 4 saturated carbocycles. The van der Waals surface area contributed by atoms with Gasteiger partial charge in [0.1, 0.15) is 18.2 Å². The van der Waals surface area contributed by atoms with E-state index in [1.54, 1.807) is 10.9 Å². The van der Waals surface area contributed by atoms with Crippen LogP contribution in [0.5, 0.6) is 5.88 Å². The molecule has 0 amide bonds. The first-order valence-corrected chi connectivity index (χ1v) is 25.6. The molecule has 0 spiro atoms. The molecule has 5 fully saturated rings. The molecule has 0 radical (unpaired) electrons. The number of allylic oxidation sites excluding steroid dienone is 5. The lowest BCUT2D eigenvalue weighted by molar-refractivity contribution is -0.221. The van der Waals surface area contributed by atoms with Crippen LogP contribution in [-0.2, 0) is 25.9 Å². The predicted molar refractivity (Wildman–Crippen MR) is 238 cm³/mol. The molecule has 60 heavy (non-hydrogen) atoms. The largest absolute Gasteiger partial charge is 0.475 e. The standard InChI is InChI=1S/C49H77N5O5S/c1-10-54-41(32-51-52-54)59-33-48(43(55)58-11-2)21-14-35(15-22-48)37-17-19-45(7)39(44(37,5)6)18-20-47(9)40(45)13-12-38-42-36(34(3)4)16-23-49(42,25-24-46(38,47)8)50-26-27-53-28-30-60(56,57)31-29-53/h14,17,32,36,38-40,42,50H,3,10-13,15-16,18-31,33H2,1-2,4-9H3/t36-,38+,39-,40+,42+,45-,46+,47+,48?,49-/m0/s1. The third kappa shape index (κ3) is 7.09. The Morgan fingerprint density at radius 3 is 2.38 bits per heavy atom. The molecule has 1 saturated heterocycles. The molecule has 1 aromatic rings. The second-order valence-corrected chi connectivity index (χ2v) is 24.2. The normalized spacial score (nSPS) is 40.8. The highest BCUT2D eigenvalue weighted by Gasteiger charge is 2.70. The number of fused-ring (bicyclic) bond motifs is 7. The van der Waals surface area contributed by atoms with Gasteiger partial charge in [-0.1, -0.05) is 64.1 Å². The summed E-state index contributed by atoms with van der Waals surface area (Å²) in [4.78, 5) is 16.0. The van der Waals surface area contributed by atoms with Gasteiger partial charge < -0.3 is 19.7 Å². The second kappa shape index (κ2) is 15.9. The first-order valence-electron chi connectivity index (χ1n) is 23.8. The van der Waals surface area contributed by atoms with Crippen LogP contribution in [0.2, 0.25) is 0 Å². The number of ether oxygens (including phenoxy) is 2. The van der Waals surface area contributed by atoms with Crippen molar-refractivity contribution in [3.05, 3.63) is 41.6 Å². The fourth-order valence-electron chi connectivity index (χ4n) is 15.6. The Kier molecular flexibility index (Phi) is 11.7. The SMILES string of the molecule is C=C(C)[C@@H]1CC[C@]2(NCCN3CCS(=O)(=O)CC3)CC[C@]3(C)[C@H](CC[C@@H]4[C@@]5(C)CC=C(C6=CCC(COc7cnnn7CC)(C(=O)OCC)CC6)C(C)(C)[C@@H]5CC[C@]43C)[C@@H]12. The van der Waals surface area contributed by atoms with Crippen molar-refractivity contribution in [2.45, 2.75) is 145 Å². The summed E-state index contributed by atoms with van der Waals surface area (Å²) in [5.74, 6) is 4.10. The Labute approximate surface area is 362 Å². The maximum absolute atomic E-state index is 13.6. The van der Waals surface area contributed by atoms with Gasteiger partial charge in [-0.15, -0.1) is 5.10 Å². The van der Waals surface area contributed by atoms with Crippen LogP contribution < -0.4 is 10.1 Å². The van der Waals surface area contributed by atoms with E-state index in [4.69, 9.17) is 9.47 Å². The van der Waals surface area contributed by atoms with Crippen molar-refractivity contribution in [2.75, 3.05) is 50.9 Å². The van der Waals surface area contributed by atoms with Crippen molar-refractivity contribution in [3.63, 3.8) is 0 Å². The van der Waals surface area contributed by atoms with Crippen molar-refractivity contribution >= 4 is 15.8 Å². The van der Waals surface area contributed by atoms with Crippen molar-refractivity contribution in [1.29, 1.82) is 0 Å². The number of esters is 1. The van der Waals surface area contributed by atoms with Gasteiger partial charge in [-0.05, 0) is 160 Å². The molecular formula is C49H77N5O5S. The number of aromatic nitrogens is 3. The minimum absolute atomic E-state index is 0.0261. The molecule has 334 valence electrons. The van der Waals surface area contributed by atoms with Gasteiger partial charge in [-0.25, -0.2) is 13.1 Å². The summed E-state index contributed by atoms with van der Waals surface area (Å²) in [5.41, 5.74) is 4.49. The summed E-state index contributed by atoms with van der Waals surface area (Å²) in [6.07, 6.45) is 20.0. The fraction of sp³-hybridized carbons (Fsp3) is 0.816. The molecule has 10 atom stereocenters. The average molecular weight is 848 g/mol. The quantitative estimate of drug-likeness (QED) is 0.163. The zero-order valence-corrected chi connectivity index (χ0v) is 39.2. The summed E-state index contributed by atoms with van der Waals surface area (Å²) in [6.45, 7) is 28.5. The highest BCUT2D eigenvalue weighted by molar-refractivity contribution is 7.91. The summed E-state index contributed by atoms with van der Waals surface area (Å²) in [6, 6.07) is 0. The van der Waals surface area contributed by atoms with Gasteiger partial charge in [-0.3, -0.25) is 4.79 Å². The monoisotopic (exact) mass is 848 g/mol. The number of nitrogens with one attached hydrogen (secondary N) is 1. The van der Waals surface area contributed by atoms with E-state index in [9.17, 15) is 13.2 Å². The Bertz CT molecular complexity index is 1980. The minimum Gasteiger partial charge on any atom is -0.475 e. The van der Waals surface area contributed by atoms with Crippen LogP contribution in [0.15, 0.2) is 41.6 Å². The third-order valence-corrected chi connectivity index (χ3v) is 20.6. The van der Waals surface area contributed by atoms with Gasteiger partial charge in [0.2, 0.25) is 5.88 Å². The van der Waals surface area contributed by atoms with Crippen LogP contribution in [0.1, 0.15) is 132 Å². The Hall–Kier alpha value is -2.50. The molecule has 6 aliphatic carbocycles. The number of rotatable bonds is 12. The Morgan fingerprint density at radius 2 is 1.70 bits per heavy atom. The molecular weight excluding hydrogens is 771 g/mol. The van der Waals surface area contributed by atoms with E-state index >= 15 is 0 Å². The van der Waals surface area contributed by atoms with Gasteiger partial charge in [0, 0.05) is 38.3 Å². The van der Waals surface area contributed by atoms with E-state index in [-0.39, 0.29) is 39.8 Å². The first kappa shape index (κ1) is 44.1. The number of hydrogen-bond donors (Lipinski definition) is 1. The smallest absolute Gasteiger partial charge is 0.315 e.